The molecule has 0 aliphatic carbocycles. The van der Waals surface area contributed by atoms with Crippen molar-refractivity contribution in [1.29, 1.82) is 0 Å². The molecule has 0 saturated heterocycles. The molecular weight excluding hydrogens is 228 g/mol. The fraction of sp³-hybridized carbons (Fsp3) is 0. The van der Waals surface area contributed by atoms with Crippen LogP contribution in [-0.2, 0) is 24.4 Å². The standard InChI is InChI=1S/C7H6O5S2/c8-6-4-2-1-3-5(6)7(9)12-14(10,11)13/h1-4,8H,(H,10,11,13). The van der Waals surface area contributed by atoms with Gasteiger partial charge in [-0.1, -0.05) is 12.1 Å². The van der Waals surface area contributed by atoms with E-state index in [4.69, 9.17) is 9.66 Å². The highest BCUT2D eigenvalue weighted by Crippen LogP contribution is 2.17. The van der Waals surface area contributed by atoms with Crippen LogP contribution in [-0.4, -0.2) is 19.8 Å². The van der Waals surface area contributed by atoms with E-state index in [0.717, 1.165) is 0 Å². The summed E-state index contributed by atoms with van der Waals surface area (Å²) >= 11 is 3.96. The van der Waals surface area contributed by atoms with Crippen LogP contribution in [0, 0.1) is 0 Å². The molecule has 14 heavy (non-hydrogen) atoms. The summed E-state index contributed by atoms with van der Waals surface area (Å²) in [6, 6.07) is 5.46. The summed E-state index contributed by atoms with van der Waals surface area (Å²) < 4.78 is 23.1. The van der Waals surface area contributed by atoms with Crippen LogP contribution in [0.5, 0.6) is 5.75 Å². The van der Waals surface area contributed by atoms with Crippen molar-refractivity contribution in [2.24, 2.45) is 0 Å². The van der Waals surface area contributed by atoms with E-state index in [0.29, 0.717) is 0 Å². The largest absolute Gasteiger partial charge is 0.507 e. The molecule has 0 bridgehead atoms. The van der Waals surface area contributed by atoms with Gasteiger partial charge in [-0.05, 0) is 12.1 Å². The predicted octanol–water partition coefficient (Wildman–Crippen LogP) is 0.683. The molecule has 0 aliphatic heterocycles. The molecule has 0 aromatic heterocycles. The first-order valence-corrected chi connectivity index (χ1v) is 5.76. The average molecular weight is 234 g/mol. The van der Waals surface area contributed by atoms with Gasteiger partial charge in [-0.2, -0.15) is 4.21 Å². The van der Waals surface area contributed by atoms with Crippen LogP contribution in [0.2, 0.25) is 0 Å². The zero-order valence-corrected chi connectivity index (χ0v) is 8.38. The summed E-state index contributed by atoms with van der Waals surface area (Å²) in [5, 5.41) is 9.17. The zero-order chi connectivity index (χ0) is 10.8. The second-order valence-electron chi connectivity index (χ2n) is 2.32. The molecule has 0 radical (unpaired) electrons. The second kappa shape index (κ2) is 3.91. The average Bonchev–Trinajstić information content (AvgIpc) is 2.01. The van der Waals surface area contributed by atoms with Crippen molar-refractivity contribution in [3.8, 4) is 5.75 Å². The van der Waals surface area contributed by atoms with Gasteiger partial charge in [-0.25, -0.2) is 4.79 Å². The molecule has 7 heteroatoms. The van der Waals surface area contributed by atoms with Crippen molar-refractivity contribution < 1.29 is 22.8 Å². The van der Waals surface area contributed by atoms with Gasteiger partial charge in [-0.3, -0.25) is 4.55 Å². The minimum Gasteiger partial charge on any atom is -0.507 e. The molecular formula is C7H6O5S2. The minimum absolute atomic E-state index is 0.209. The topological polar surface area (TPSA) is 83.8 Å². The Balaban J connectivity index is 2.97. The molecule has 0 fully saturated rings. The molecule has 1 rings (SSSR count). The van der Waals surface area contributed by atoms with E-state index < -0.39 is 15.0 Å². The summed E-state index contributed by atoms with van der Waals surface area (Å²) in [7, 11) is -4.02. The highest BCUT2D eigenvalue weighted by atomic mass is 32.9. The Labute approximate surface area is 85.0 Å². The SMILES string of the molecule is O=C(OS(=O)(O)=S)c1ccccc1O. The Morgan fingerprint density at radius 2 is 2.00 bits per heavy atom. The monoisotopic (exact) mass is 234 g/mol. The Morgan fingerprint density at radius 3 is 2.50 bits per heavy atom. The molecule has 0 amide bonds. The lowest BCUT2D eigenvalue weighted by atomic mass is 10.2. The summed E-state index contributed by atoms with van der Waals surface area (Å²) in [5.74, 6) is -1.47. The number of carbonyl (C=O) groups excluding carboxylic acids is 1. The van der Waals surface area contributed by atoms with E-state index in [1.54, 1.807) is 0 Å². The van der Waals surface area contributed by atoms with Crippen LogP contribution in [0.25, 0.3) is 0 Å². The van der Waals surface area contributed by atoms with Gasteiger partial charge in [0.1, 0.15) is 11.3 Å². The van der Waals surface area contributed by atoms with Crippen LogP contribution in [0.1, 0.15) is 10.4 Å². The molecule has 0 aliphatic rings. The number of benzene rings is 1. The van der Waals surface area contributed by atoms with Gasteiger partial charge >= 0.3 is 15.0 Å². The van der Waals surface area contributed by atoms with Gasteiger partial charge in [0.2, 0.25) is 0 Å². The highest BCUT2D eigenvalue weighted by molar-refractivity contribution is 8.27. The lowest BCUT2D eigenvalue weighted by Crippen LogP contribution is -2.11. The van der Waals surface area contributed by atoms with Gasteiger partial charge in [-0.15, -0.1) is 0 Å². The number of carbonyl (C=O) groups is 1. The van der Waals surface area contributed by atoms with Crippen LogP contribution < -0.4 is 0 Å². The summed E-state index contributed by atoms with van der Waals surface area (Å²) in [6.45, 7) is 0. The molecule has 1 unspecified atom stereocenters. The van der Waals surface area contributed by atoms with E-state index in [2.05, 4.69) is 15.4 Å². The molecule has 5 nitrogen and oxygen atoms in total. The van der Waals surface area contributed by atoms with Crippen molar-refractivity contribution in [2.75, 3.05) is 0 Å². The molecule has 1 aromatic rings. The number of para-hydroxylation sites is 1. The maximum atomic E-state index is 11.1. The van der Waals surface area contributed by atoms with Crippen LogP contribution in [0.4, 0.5) is 0 Å². The molecule has 0 spiro atoms. The highest BCUT2D eigenvalue weighted by Gasteiger charge is 2.15. The zero-order valence-electron chi connectivity index (χ0n) is 6.75. The first-order valence-electron chi connectivity index (χ1n) is 3.39. The van der Waals surface area contributed by atoms with Gasteiger partial charge in [0, 0.05) is 0 Å². The molecule has 1 aromatic carbocycles. The summed E-state index contributed by atoms with van der Waals surface area (Å²) in [6.07, 6.45) is 0. The maximum Gasteiger partial charge on any atom is 0.357 e. The van der Waals surface area contributed by atoms with E-state index in [1.165, 1.54) is 24.3 Å². The minimum atomic E-state index is -4.02. The first kappa shape index (κ1) is 10.9. The van der Waals surface area contributed by atoms with Crippen molar-refractivity contribution in [3.05, 3.63) is 29.8 Å². The molecule has 2 N–H and O–H groups in total. The third kappa shape index (κ3) is 2.95. The Kier molecular flexibility index (Phi) is 3.04. The van der Waals surface area contributed by atoms with Crippen molar-refractivity contribution in [3.63, 3.8) is 0 Å². The number of phenols is 1. The number of phenolic OH excluding ortho intramolecular Hbond substituents is 1. The summed E-state index contributed by atoms with van der Waals surface area (Å²) in [5.41, 5.74) is -0.209. The molecule has 0 heterocycles. The fourth-order valence-corrected chi connectivity index (χ4v) is 1.25. The first-order chi connectivity index (χ1) is 6.40. The normalized spacial score (nSPS) is 14.4. The number of hydrogen-bond acceptors (Lipinski definition) is 5. The third-order valence-electron chi connectivity index (χ3n) is 1.30. The Bertz CT molecular complexity index is 451. The molecule has 0 saturated carbocycles. The lowest BCUT2D eigenvalue weighted by Gasteiger charge is -2.03. The van der Waals surface area contributed by atoms with Gasteiger partial charge in [0.15, 0.2) is 0 Å². The van der Waals surface area contributed by atoms with Gasteiger partial charge in [0.25, 0.3) is 0 Å². The predicted molar refractivity (Wildman–Crippen MR) is 51.7 cm³/mol. The summed E-state index contributed by atoms with van der Waals surface area (Å²) in [4.78, 5) is 11.1. The third-order valence-corrected chi connectivity index (χ3v) is 1.87. The van der Waals surface area contributed by atoms with Gasteiger partial charge < -0.3 is 9.29 Å². The number of rotatable bonds is 2. The smallest absolute Gasteiger partial charge is 0.357 e. The van der Waals surface area contributed by atoms with E-state index in [9.17, 15) is 9.00 Å². The van der Waals surface area contributed by atoms with Crippen molar-refractivity contribution in [2.45, 2.75) is 0 Å². The quantitative estimate of drug-likeness (QED) is 0.783. The Hall–Kier alpha value is -1.18. The number of hydrogen-bond donors (Lipinski definition) is 2. The van der Waals surface area contributed by atoms with Crippen LogP contribution in [0.15, 0.2) is 24.3 Å². The maximum absolute atomic E-state index is 11.1. The number of aromatic hydroxyl groups is 1. The van der Waals surface area contributed by atoms with Gasteiger partial charge in [0.05, 0.1) is 11.2 Å². The van der Waals surface area contributed by atoms with E-state index in [-0.39, 0.29) is 11.3 Å². The lowest BCUT2D eigenvalue weighted by molar-refractivity contribution is 0.0739. The van der Waals surface area contributed by atoms with Crippen molar-refractivity contribution in [1.82, 2.24) is 0 Å². The molecule has 1 atom stereocenters. The van der Waals surface area contributed by atoms with Crippen LogP contribution in [0.3, 0.4) is 0 Å². The van der Waals surface area contributed by atoms with Crippen molar-refractivity contribution >= 4 is 26.2 Å². The fourth-order valence-electron chi connectivity index (χ4n) is 0.787. The Morgan fingerprint density at radius 1 is 1.43 bits per heavy atom. The molecule has 76 valence electrons. The van der Waals surface area contributed by atoms with Crippen LogP contribution >= 0.6 is 0 Å². The van der Waals surface area contributed by atoms with E-state index >= 15 is 0 Å². The second-order valence-corrected chi connectivity index (χ2v) is 4.60. The van der Waals surface area contributed by atoms with E-state index in [1.807, 2.05) is 0 Å².